The van der Waals surface area contributed by atoms with E-state index in [0.717, 1.165) is 31.6 Å². The van der Waals surface area contributed by atoms with Crippen LogP contribution in [0.1, 0.15) is 27.2 Å². The van der Waals surface area contributed by atoms with Crippen LogP contribution in [-0.2, 0) is 9.16 Å². The molecule has 0 aromatic heterocycles. The first kappa shape index (κ1) is 15.6. The van der Waals surface area contributed by atoms with Gasteiger partial charge in [0.2, 0.25) is 0 Å². The van der Waals surface area contributed by atoms with E-state index in [4.69, 9.17) is 9.16 Å². The van der Waals surface area contributed by atoms with Crippen molar-refractivity contribution in [1.82, 2.24) is 0 Å². The molecule has 0 atom stereocenters. The zero-order valence-corrected chi connectivity index (χ0v) is 13.3. The van der Waals surface area contributed by atoms with Crippen LogP contribution in [0.15, 0.2) is 0 Å². The minimum Gasteiger partial charge on any atom is -0.414 e. The average Bonchev–Trinajstić information content (AvgIpc) is 2.09. The zero-order valence-electron chi connectivity index (χ0n) is 10.7. The van der Waals surface area contributed by atoms with Gasteiger partial charge in [0.15, 0.2) is 8.32 Å². The van der Waals surface area contributed by atoms with Crippen molar-refractivity contribution < 1.29 is 9.16 Å². The van der Waals surface area contributed by atoms with Gasteiger partial charge in [-0.2, -0.15) is 0 Å². The summed E-state index contributed by atoms with van der Waals surface area (Å²) in [7, 11) is -1.56. The second-order valence-corrected chi connectivity index (χ2v) is 10.9. The third kappa shape index (κ3) is 6.71. The molecule has 92 valence electrons. The lowest BCUT2D eigenvalue weighted by Gasteiger charge is -2.36. The van der Waals surface area contributed by atoms with Crippen molar-refractivity contribution in [1.29, 1.82) is 0 Å². The Labute approximate surface area is 104 Å². The number of halogens is 1. The molecule has 0 amide bonds. The second kappa shape index (κ2) is 7.04. The van der Waals surface area contributed by atoms with Crippen LogP contribution in [0.2, 0.25) is 18.1 Å². The molecule has 0 heterocycles. The molecule has 0 aliphatic heterocycles. The van der Waals surface area contributed by atoms with Gasteiger partial charge in [0.25, 0.3) is 0 Å². The van der Waals surface area contributed by atoms with Crippen molar-refractivity contribution in [2.45, 2.75) is 45.3 Å². The normalized spacial score (nSPS) is 13.2. The van der Waals surface area contributed by atoms with Crippen LogP contribution in [0.4, 0.5) is 0 Å². The maximum Gasteiger partial charge on any atom is 0.192 e. The van der Waals surface area contributed by atoms with Gasteiger partial charge in [0.05, 0.1) is 13.2 Å². The topological polar surface area (TPSA) is 18.5 Å². The summed E-state index contributed by atoms with van der Waals surface area (Å²) >= 11 is 3.37. The quantitative estimate of drug-likeness (QED) is 0.404. The third-order valence-corrected chi connectivity index (χ3v) is 8.02. The van der Waals surface area contributed by atoms with E-state index in [-0.39, 0.29) is 0 Å². The van der Waals surface area contributed by atoms with Crippen LogP contribution in [0.5, 0.6) is 0 Å². The number of alkyl halides is 1. The van der Waals surface area contributed by atoms with Crippen LogP contribution in [0.25, 0.3) is 0 Å². The summed E-state index contributed by atoms with van der Waals surface area (Å²) in [5.74, 6) is 0. The summed E-state index contributed by atoms with van der Waals surface area (Å²) in [6.07, 6.45) is 1.07. The Hall–Kier alpha value is 0.617. The highest BCUT2D eigenvalue weighted by atomic mass is 79.9. The minimum atomic E-state index is -1.56. The molecule has 0 bridgehead atoms. The molecule has 0 radical (unpaired) electrons. The average molecular weight is 297 g/mol. The summed E-state index contributed by atoms with van der Waals surface area (Å²) in [4.78, 5) is 0. The maximum absolute atomic E-state index is 5.98. The highest BCUT2D eigenvalue weighted by molar-refractivity contribution is 9.09. The number of ether oxygens (including phenoxy) is 1. The summed E-state index contributed by atoms with van der Waals surface area (Å²) < 4.78 is 11.4. The van der Waals surface area contributed by atoms with Gasteiger partial charge in [-0.3, -0.25) is 0 Å². The molecule has 0 aromatic rings. The van der Waals surface area contributed by atoms with Crippen LogP contribution < -0.4 is 0 Å². The van der Waals surface area contributed by atoms with E-state index in [1.807, 2.05) is 0 Å². The van der Waals surface area contributed by atoms with Crippen LogP contribution in [0.3, 0.4) is 0 Å². The molecule has 4 heteroatoms. The van der Waals surface area contributed by atoms with Crippen molar-refractivity contribution in [2.75, 3.05) is 25.2 Å². The Bertz CT molecular complexity index is 166. The molecule has 0 rings (SSSR count). The minimum absolute atomic E-state index is 0.295. The van der Waals surface area contributed by atoms with E-state index in [1.54, 1.807) is 0 Å². The molecule has 15 heavy (non-hydrogen) atoms. The van der Waals surface area contributed by atoms with Crippen molar-refractivity contribution in [3.05, 3.63) is 0 Å². The van der Waals surface area contributed by atoms with E-state index < -0.39 is 8.32 Å². The molecule has 0 aliphatic rings. The molecule has 0 aromatic carbocycles. The first-order chi connectivity index (χ1) is 6.81. The highest BCUT2D eigenvalue weighted by Gasteiger charge is 2.36. The number of hydrogen-bond donors (Lipinski definition) is 0. The van der Waals surface area contributed by atoms with E-state index in [0.29, 0.717) is 5.04 Å². The van der Waals surface area contributed by atoms with Gasteiger partial charge in [0, 0.05) is 11.9 Å². The monoisotopic (exact) mass is 296 g/mol. The fourth-order valence-electron chi connectivity index (χ4n) is 0.831. The Kier molecular flexibility index (Phi) is 7.33. The van der Waals surface area contributed by atoms with E-state index >= 15 is 0 Å². The Balaban J connectivity index is 3.58. The summed E-state index contributed by atoms with van der Waals surface area (Å²) in [6.45, 7) is 13.6. The van der Waals surface area contributed by atoms with Gasteiger partial charge in [0.1, 0.15) is 0 Å². The Morgan fingerprint density at radius 3 is 2.13 bits per heavy atom. The van der Waals surface area contributed by atoms with Crippen LogP contribution in [0, 0.1) is 0 Å². The fourth-order valence-corrected chi connectivity index (χ4v) is 2.09. The van der Waals surface area contributed by atoms with E-state index in [1.165, 1.54) is 0 Å². The SMILES string of the molecule is CC(C)(C)[Si](C)(C)OCCOCCCBr. The van der Waals surface area contributed by atoms with E-state index in [9.17, 15) is 0 Å². The van der Waals surface area contributed by atoms with Gasteiger partial charge in [-0.25, -0.2) is 0 Å². The van der Waals surface area contributed by atoms with Crippen molar-refractivity contribution in [3.8, 4) is 0 Å². The predicted molar refractivity (Wildman–Crippen MR) is 72.4 cm³/mol. The van der Waals surface area contributed by atoms with Gasteiger partial charge in [-0.15, -0.1) is 0 Å². The third-order valence-electron chi connectivity index (χ3n) is 2.92. The van der Waals surface area contributed by atoms with Gasteiger partial charge in [-0.05, 0) is 24.6 Å². The molecule has 0 saturated carbocycles. The van der Waals surface area contributed by atoms with Gasteiger partial charge >= 0.3 is 0 Å². The standard InChI is InChI=1S/C11H25BrO2Si/c1-11(2,3)15(4,5)14-10-9-13-8-6-7-12/h6-10H2,1-5H3. The fraction of sp³-hybridized carbons (Fsp3) is 1.00. The molecule has 0 unspecified atom stereocenters. The lowest BCUT2D eigenvalue weighted by Crippen LogP contribution is -2.41. The van der Waals surface area contributed by atoms with Crippen LogP contribution in [-0.4, -0.2) is 33.5 Å². The number of rotatable bonds is 7. The zero-order chi connectivity index (χ0) is 11.9. The molecule has 0 fully saturated rings. The van der Waals surface area contributed by atoms with Crippen molar-refractivity contribution >= 4 is 24.2 Å². The lowest BCUT2D eigenvalue weighted by atomic mass is 10.2. The Morgan fingerprint density at radius 1 is 1.07 bits per heavy atom. The molecular weight excluding hydrogens is 272 g/mol. The summed E-state index contributed by atoms with van der Waals surface area (Å²) in [5.41, 5.74) is 0. The van der Waals surface area contributed by atoms with Crippen molar-refractivity contribution in [3.63, 3.8) is 0 Å². The Morgan fingerprint density at radius 2 is 1.67 bits per heavy atom. The van der Waals surface area contributed by atoms with Crippen LogP contribution >= 0.6 is 15.9 Å². The van der Waals surface area contributed by atoms with Gasteiger partial charge in [-0.1, -0.05) is 36.7 Å². The number of hydrogen-bond acceptors (Lipinski definition) is 2. The summed E-state index contributed by atoms with van der Waals surface area (Å²) in [5, 5.41) is 1.30. The summed E-state index contributed by atoms with van der Waals surface area (Å²) in [6, 6.07) is 0. The molecule has 0 aliphatic carbocycles. The van der Waals surface area contributed by atoms with Gasteiger partial charge < -0.3 is 9.16 Å². The first-order valence-electron chi connectivity index (χ1n) is 5.59. The molecule has 0 N–H and O–H groups in total. The molecular formula is C11H25BrO2Si. The smallest absolute Gasteiger partial charge is 0.192 e. The van der Waals surface area contributed by atoms with Crippen molar-refractivity contribution in [2.24, 2.45) is 0 Å². The molecule has 0 spiro atoms. The first-order valence-corrected chi connectivity index (χ1v) is 9.62. The van der Waals surface area contributed by atoms with E-state index in [2.05, 4.69) is 49.8 Å². The second-order valence-electron chi connectivity index (χ2n) is 5.26. The molecule has 0 saturated heterocycles. The predicted octanol–water partition coefficient (Wildman–Crippen LogP) is 3.81. The highest BCUT2D eigenvalue weighted by Crippen LogP contribution is 2.36. The largest absolute Gasteiger partial charge is 0.414 e. The lowest BCUT2D eigenvalue weighted by molar-refractivity contribution is 0.0964. The maximum atomic E-state index is 5.98. The molecule has 2 nitrogen and oxygen atoms in total.